The molecule has 1 unspecified atom stereocenters. The summed E-state index contributed by atoms with van der Waals surface area (Å²) in [5.74, 6) is 2.34. The number of benzene rings is 1. The molecule has 6 rings (SSSR count). The number of rotatable bonds is 6. The van der Waals surface area contributed by atoms with Gasteiger partial charge >= 0.3 is 0 Å². The van der Waals surface area contributed by atoms with Gasteiger partial charge in [-0.05, 0) is 37.8 Å². The third-order valence-corrected chi connectivity index (χ3v) is 8.01. The van der Waals surface area contributed by atoms with Crippen LogP contribution in [0.1, 0.15) is 49.4 Å². The van der Waals surface area contributed by atoms with Crippen LogP contribution in [0.2, 0.25) is 0 Å². The lowest BCUT2D eigenvalue weighted by molar-refractivity contribution is -0.113. The van der Waals surface area contributed by atoms with Gasteiger partial charge in [-0.15, -0.1) is 0 Å². The van der Waals surface area contributed by atoms with Crippen LogP contribution in [0.15, 0.2) is 29.6 Å². The summed E-state index contributed by atoms with van der Waals surface area (Å²) in [6.07, 6.45) is 8.70. The van der Waals surface area contributed by atoms with Crippen molar-refractivity contribution in [1.29, 1.82) is 0 Å². The number of aromatic nitrogens is 4. The van der Waals surface area contributed by atoms with Crippen molar-refractivity contribution in [2.75, 3.05) is 24.8 Å². The van der Waals surface area contributed by atoms with E-state index in [1.165, 1.54) is 11.8 Å². The number of carbonyl (C=O) groups is 1. The lowest BCUT2D eigenvalue weighted by Gasteiger charge is -2.35. The average molecular weight is 508 g/mol. The molecule has 188 valence electrons. The molecule has 1 atom stereocenters. The van der Waals surface area contributed by atoms with Crippen molar-refractivity contribution in [3.63, 3.8) is 0 Å². The maximum absolute atomic E-state index is 11.6. The third-order valence-electron chi connectivity index (χ3n) is 7.04. The van der Waals surface area contributed by atoms with E-state index in [0.29, 0.717) is 42.7 Å². The van der Waals surface area contributed by atoms with Gasteiger partial charge in [-0.2, -0.15) is 0 Å². The van der Waals surface area contributed by atoms with E-state index in [0.717, 1.165) is 65.2 Å². The Bertz CT molecular complexity index is 1280. The number of amides is 1. The van der Waals surface area contributed by atoms with E-state index < -0.39 is 0 Å². The molecule has 3 aromatic rings. The fraction of sp³-hybridized carbons (Fsp3) is 0.480. The molecule has 1 aliphatic carbocycles. The molecule has 10 nitrogen and oxygen atoms in total. The van der Waals surface area contributed by atoms with E-state index >= 15 is 0 Å². The molecule has 1 amide bonds. The largest absolute Gasteiger partial charge is 0.493 e. The monoisotopic (exact) mass is 507 g/mol. The van der Waals surface area contributed by atoms with Gasteiger partial charge in [-0.25, -0.2) is 19.9 Å². The first kappa shape index (κ1) is 23.4. The zero-order valence-corrected chi connectivity index (χ0v) is 20.9. The summed E-state index contributed by atoms with van der Waals surface area (Å²) >= 11 is 1.43. The Morgan fingerprint density at radius 1 is 1.11 bits per heavy atom. The molecule has 1 aromatic carbocycles. The van der Waals surface area contributed by atoms with Crippen LogP contribution in [-0.4, -0.2) is 57.4 Å². The number of fused-ring (bicyclic) bond motifs is 4. The SMILES string of the molecule is COc1cnc2ccc3c(c2n1)C(NC1CCC(NCc2cnc4c(n2)NC(=O)CS4)CC1)CCO3. The zero-order chi connectivity index (χ0) is 24.5. The summed E-state index contributed by atoms with van der Waals surface area (Å²) in [6, 6.07) is 5.00. The number of methoxy groups -OCH3 is 1. The van der Waals surface area contributed by atoms with Gasteiger partial charge in [0.25, 0.3) is 0 Å². The third kappa shape index (κ3) is 4.82. The first-order valence-electron chi connectivity index (χ1n) is 12.4. The first-order chi connectivity index (χ1) is 17.7. The Labute approximate surface area is 213 Å². The van der Waals surface area contributed by atoms with E-state index in [9.17, 15) is 4.79 Å². The van der Waals surface area contributed by atoms with E-state index in [4.69, 9.17) is 14.5 Å². The van der Waals surface area contributed by atoms with Crippen LogP contribution in [0, 0.1) is 0 Å². The van der Waals surface area contributed by atoms with Crippen LogP contribution in [-0.2, 0) is 11.3 Å². The maximum Gasteiger partial charge on any atom is 0.236 e. The molecule has 3 aliphatic rings. The number of ether oxygens (including phenoxy) is 2. The standard InChI is InChI=1S/C25H29N7O3S/c1-34-21-12-27-18-6-7-19-22(23(18)32-21)17(8-9-35-19)29-15-4-2-14(3-5-15)26-10-16-11-28-25-24(30-16)31-20(33)13-36-25/h6-7,11-12,14-15,17,26,29H,2-5,8-10,13H2,1H3,(H,30,31,33). The molecule has 0 bridgehead atoms. The fourth-order valence-electron chi connectivity index (χ4n) is 5.21. The Balaban J connectivity index is 1.07. The number of carbonyl (C=O) groups excluding carboxylic acids is 1. The van der Waals surface area contributed by atoms with Crippen LogP contribution in [0.5, 0.6) is 11.6 Å². The molecule has 11 heteroatoms. The van der Waals surface area contributed by atoms with Crippen LogP contribution >= 0.6 is 11.8 Å². The highest BCUT2D eigenvalue weighted by Crippen LogP contribution is 2.38. The molecule has 0 saturated heterocycles. The molecule has 0 radical (unpaired) electrons. The smallest absolute Gasteiger partial charge is 0.236 e. The Morgan fingerprint density at radius 2 is 1.97 bits per heavy atom. The molecule has 1 fully saturated rings. The predicted octanol–water partition coefficient (Wildman–Crippen LogP) is 2.99. The van der Waals surface area contributed by atoms with Crippen LogP contribution in [0.4, 0.5) is 5.82 Å². The second kappa shape index (κ2) is 10.2. The van der Waals surface area contributed by atoms with Gasteiger partial charge in [-0.3, -0.25) is 4.79 Å². The van der Waals surface area contributed by atoms with E-state index in [1.54, 1.807) is 19.5 Å². The topological polar surface area (TPSA) is 123 Å². The highest BCUT2D eigenvalue weighted by molar-refractivity contribution is 8.00. The van der Waals surface area contributed by atoms with Gasteiger partial charge in [-0.1, -0.05) is 11.8 Å². The van der Waals surface area contributed by atoms with Gasteiger partial charge in [0.05, 0.1) is 43.1 Å². The molecule has 2 aromatic heterocycles. The van der Waals surface area contributed by atoms with Gasteiger partial charge in [0.2, 0.25) is 11.8 Å². The zero-order valence-electron chi connectivity index (χ0n) is 20.1. The fourth-order valence-corrected chi connectivity index (χ4v) is 5.91. The van der Waals surface area contributed by atoms with Crippen LogP contribution in [0.3, 0.4) is 0 Å². The number of hydrogen-bond donors (Lipinski definition) is 3. The molecule has 3 N–H and O–H groups in total. The number of hydrogen-bond acceptors (Lipinski definition) is 10. The van der Waals surface area contributed by atoms with Crippen molar-refractivity contribution in [3.05, 3.63) is 35.8 Å². The molecular formula is C25H29N7O3S. The van der Waals surface area contributed by atoms with Crippen molar-refractivity contribution < 1.29 is 14.3 Å². The molecular weight excluding hydrogens is 478 g/mol. The molecule has 2 aliphatic heterocycles. The van der Waals surface area contributed by atoms with Gasteiger partial charge < -0.3 is 25.4 Å². The Morgan fingerprint density at radius 3 is 2.83 bits per heavy atom. The first-order valence-corrected chi connectivity index (χ1v) is 13.4. The van der Waals surface area contributed by atoms with Crippen molar-refractivity contribution in [1.82, 2.24) is 30.6 Å². The van der Waals surface area contributed by atoms with E-state index in [-0.39, 0.29) is 11.9 Å². The highest BCUT2D eigenvalue weighted by atomic mass is 32.2. The number of anilines is 1. The second-order valence-corrected chi connectivity index (χ2v) is 10.4. The maximum atomic E-state index is 11.6. The number of nitrogens with zero attached hydrogens (tertiary/aromatic N) is 4. The lowest BCUT2D eigenvalue weighted by atomic mass is 9.89. The molecule has 4 heterocycles. The number of nitrogens with one attached hydrogen (secondary N) is 3. The minimum Gasteiger partial charge on any atom is -0.493 e. The van der Waals surface area contributed by atoms with Crippen LogP contribution in [0.25, 0.3) is 11.0 Å². The van der Waals surface area contributed by atoms with Crippen molar-refractivity contribution in [2.24, 2.45) is 0 Å². The van der Waals surface area contributed by atoms with E-state index in [2.05, 4.69) is 30.9 Å². The molecule has 0 spiro atoms. The quantitative estimate of drug-likeness (QED) is 0.459. The summed E-state index contributed by atoms with van der Waals surface area (Å²) in [5.41, 5.74) is 3.63. The van der Waals surface area contributed by atoms with Crippen molar-refractivity contribution in [3.8, 4) is 11.6 Å². The summed E-state index contributed by atoms with van der Waals surface area (Å²) in [7, 11) is 1.61. The van der Waals surface area contributed by atoms with E-state index in [1.807, 2.05) is 12.1 Å². The summed E-state index contributed by atoms with van der Waals surface area (Å²) in [4.78, 5) is 29.9. The molecule has 1 saturated carbocycles. The minimum atomic E-state index is -0.0240. The Kier molecular flexibility index (Phi) is 6.60. The lowest BCUT2D eigenvalue weighted by Crippen LogP contribution is -2.42. The normalized spacial score (nSPS) is 23.4. The summed E-state index contributed by atoms with van der Waals surface area (Å²) in [6.45, 7) is 1.33. The van der Waals surface area contributed by atoms with Gasteiger partial charge in [0, 0.05) is 36.7 Å². The Hall–Kier alpha value is -3.02. The van der Waals surface area contributed by atoms with Crippen molar-refractivity contribution in [2.45, 2.75) is 61.8 Å². The second-order valence-electron chi connectivity index (χ2n) is 9.40. The molecule has 36 heavy (non-hydrogen) atoms. The summed E-state index contributed by atoms with van der Waals surface area (Å²) in [5, 5.41) is 11.1. The average Bonchev–Trinajstić information content (AvgIpc) is 2.92. The summed E-state index contributed by atoms with van der Waals surface area (Å²) < 4.78 is 11.3. The van der Waals surface area contributed by atoms with Crippen molar-refractivity contribution >= 4 is 34.5 Å². The predicted molar refractivity (Wildman–Crippen MR) is 136 cm³/mol. The number of thioether (sulfide) groups is 1. The van der Waals surface area contributed by atoms with Gasteiger partial charge in [0.1, 0.15) is 16.3 Å². The van der Waals surface area contributed by atoms with Gasteiger partial charge in [0.15, 0.2) is 5.82 Å². The minimum absolute atomic E-state index is 0.0240. The van der Waals surface area contributed by atoms with Crippen LogP contribution < -0.4 is 25.4 Å². The highest BCUT2D eigenvalue weighted by Gasteiger charge is 2.29.